The molecule has 1 aromatic carbocycles. The monoisotopic (exact) mass is 572 g/mol. The molecule has 3 aliphatic rings. The second-order valence-electron chi connectivity index (χ2n) is 12.2. The average molecular weight is 573 g/mol. The molecule has 5 heterocycles. The molecule has 0 atom stereocenters. The highest BCUT2D eigenvalue weighted by molar-refractivity contribution is 5.92. The molecule has 0 unspecified atom stereocenters. The SMILES string of the molecule is Cc1c(N2CCc3cnc(Nc4ccc(N5CCN(C)CC5)cc4)nc3C2)cnc2c1N(C(=O)OC(C)(C)C)CCO2. The van der Waals surface area contributed by atoms with Crippen LogP contribution in [0.5, 0.6) is 5.88 Å². The van der Waals surface area contributed by atoms with Gasteiger partial charge in [-0.15, -0.1) is 0 Å². The number of likely N-dealkylation sites (N-methyl/N-ethyl adjacent to an activating group) is 1. The molecule has 0 saturated carbocycles. The van der Waals surface area contributed by atoms with E-state index in [0.717, 1.165) is 67.3 Å². The van der Waals surface area contributed by atoms with Crippen LogP contribution in [-0.2, 0) is 17.7 Å². The zero-order valence-corrected chi connectivity index (χ0v) is 25.2. The molecule has 11 heteroatoms. The Morgan fingerprint density at radius 3 is 2.48 bits per heavy atom. The van der Waals surface area contributed by atoms with Gasteiger partial charge in [0.1, 0.15) is 17.9 Å². The Balaban J connectivity index is 1.18. The minimum Gasteiger partial charge on any atom is -0.474 e. The number of nitrogens with one attached hydrogen (secondary N) is 1. The van der Waals surface area contributed by atoms with Gasteiger partial charge in [-0.3, -0.25) is 4.90 Å². The van der Waals surface area contributed by atoms with Gasteiger partial charge in [-0.2, -0.15) is 0 Å². The molecule has 0 bridgehead atoms. The smallest absolute Gasteiger partial charge is 0.415 e. The average Bonchev–Trinajstić information content (AvgIpc) is 2.97. The quantitative estimate of drug-likeness (QED) is 0.485. The summed E-state index contributed by atoms with van der Waals surface area (Å²) in [6, 6.07) is 8.49. The standard InChI is InChI=1S/C31H40N8O3/c1-21-26(19-32-28-27(21)39(16-17-41-28)30(40)42-31(2,3)4)38-11-10-22-18-33-29(35-25(22)20-38)34-23-6-8-24(9-7-23)37-14-12-36(5)13-15-37/h6-9,18-19H,10-17,20H2,1-5H3,(H,33,34,35). The number of hydrogen-bond acceptors (Lipinski definition) is 10. The van der Waals surface area contributed by atoms with Crippen LogP contribution in [0.3, 0.4) is 0 Å². The lowest BCUT2D eigenvalue weighted by atomic mass is 10.0. The van der Waals surface area contributed by atoms with Crippen molar-refractivity contribution in [3.05, 3.63) is 53.5 Å². The normalized spacial score (nSPS) is 17.3. The van der Waals surface area contributed by atoms with Crippen LogP contribution in [0, 0.1) is 6.92 Å². The maximum absolute atomic E-state index is 13.1. The molecular weight excluding hydrogens is 532 g/mol. The van der Waals surface area contributed by atoms with Crippen molar-refractivity contribution in [2.24, 2.45) is 0 Å². The van der Waals surface area contributed by atoms with E-state index < -0.39 is 11.7 Å². The van der Waals surface area contributed by atoms with E-state index in [4.69, 9.17) is 14.5 Å². The van der Waals surface area contributed by atoms with Crippen LogP contribution in [0.4, 0.5) is 33.5 Å². The van der Waals surface area contributed by atoms with E-state index in [0.29, 0.717) is 37.2 Å². The molecule has 6 rings (SSSR count). The van der Waals surface area contributed by atoms with Gasteiger partial charge in [0.15, 0.2) is 0 Å². The number of hydrogen-bond donors (Lipinski definition) is 1. The first-order valence-electron chi connectivity index (χ1n) is 14.7. The number of carbonyl (C=O) groups is 1. The highest BCUT2D eigenvalue weighted by Gasteiger charge is 2.32. The van der Waals surface area contributed by atoms with Crippen LogP contribution < -0.4 is 24.8 Å². The van der Waals surface area contributed by atoms with Crippen molar-refractivity contribution in [1.82, 2.24) is 19.9 Å². The zero-order chi connectivity index (χ0) is 29.4. The minimum absolute atomic E-state index is 0.375. The van der Waals surface area contributed by atoms with Crippen LogP contribution in [0.25, 0.3) is 0 Å². The lowest BCUT2D eigenvalue weighted by molar-refractivity contribution is 0.0566. The molecule has 0 aliphatic carbocycles. The van der Waals surface area contributed by atoms with E-state index in [1.807, 2.05) is 40.1 Å². The summed E-state index contributed by atoms with van der Waals surface area (Å²) in [5, 5.41) is 3.38. The predicted molar refractivity (Wildman–Crippen MR) is 164 cm³/mol. The highest BCUT2D eigenvalue weighted by Crippen LogP contribution is 2.39. The molecule has 0 spiro atoms. The first-order valence-corrected chi connectivity index (χ1v) is 14.7. The van der Waals surface area contributed by atoms with Crippen molar-refractivity contribution < 1.29 is 14.3 Å². The Labute approximate surface area is 247 Å². The topological polar surface area (TPSA) is 99.2 Å². The van der Waals surface area contributed by atoms with Crippen LogP contribution in [0.2, 0.25) is 0 Å². The molecule has 3 aliphatic heterocycles. The summed E-state index contributed by atoms with van der Waals surface area (Å²) in [5.74, 6) is 1.03. The van der Waals surface area contributed by atoms with Crippen molar-refractivity contribution in [3.8, 4) is 5.88 Å². The summed E-state index contributed by atoms with van der Waals surface area (Å²) in [7, 11) is 2.17. The summed E-state index contributed by atoms with van der Waals surface area (Å²) in [4.78, 5) is 35.8. The first kappa shape index (κ1) is 28.0. The van der Waals surface area contributed by atoms with Gasteiger partial charge in [0, 0.05) is 55.9 Å². The number of rotatable bonds is 4. The number of carbonyl (C=O) groups excluding carboxylic acids is 1. The second-order valence-corrected chi connectivity index (χ2v) is 12.2. The van der Waals surface area contributed by atoms with Crippen LogP contribution in [0.1, 0.15) is 37.6 Å². The Morgan fingerprint density at radius 2 is 1.74 bits per heavy atom. The number of ether oxygens (including phenoxy) is 2. The van der Waals surface area contributed by atoms with Gasteiger partial charge in [-0.1, -0.05) is 0 Å². The molecule has 1 fully saturated rings. The molecule has 0 radical (unpaired) electrons. The highest BCUT2D eigenvalue weighted by atomic mass is 16.6. The van der Waals surface area contributed by atoms with E-state index in [-0.39, 0.29) is 0 Å². The number of nitrogens with zero attached hydrogens (tertiary/aromatic N) is 7. The summed E-state index contributed by atoms with van der Waals surface area (Å²) < 4.78 is 11.5. The van der Waals surface area contributed by atoms with E-state index >= 15 is 0 Å². The number of pyridine rings is 1. The predicted octanol–water partition coefficient (Wildman–Crippen LogP) is 4.37. The Bertz CT molecular complexity index is 1450. The van der Waals surface area contributed by atoms with Gasteiger partial charge < -0.3 is 29.5 Å². The van der Waals surface area contributed by atoms with E-state index in [2.05, 4.69) is 61.3 Å². The van der Waals surface area contributed by atoms with E-state index in [9.17, 15) is 4.79 Å². The molecule has 3 aromatic rings. The van der Waals surface area contributed by atoms with Crippen molar-refractivity contribution in [1.29, 1.82) is 0 Å². The zero-order valence-electron chi connectivity index (χ0n) is 25.2. The number of benzene rings is 1. The summed E-state index contributed by atoms with van der Waals surface area (Å²) >= 11 is 0. The van der Waals surface area contributed by atoms with E-state index in [1.165, 1.54) is 5.69 Å². The third kappa shape index (κ3) is 5.92. The Hall–Kier alpha value is -4.12. The number of anilines is 5. The summed E-state index contributed by atoms with van der Waals surface area (Å²) in [5.41, 5.74) is 6.27. The van der Waals surface area contributed by atoms with Crippen molar-refractivity contribution >= 4 is 34.8 Å². The summed E-state index contributed by atoms with van der Waals surface area (Å²) in [6.45, 7) is 14.1. The molecule has 11 nitrogen and oxygen atoms in total. The molecule has 1 N–H and O–H groups in total. The van der Waals surface area contributed by atoms with Gasteiger partial charge >= 0.3 is 6.09 Å². The fourth-order valence-corrected chi connectivity index (χ4v) is 5.67. The third-order valence-corrected chi connectivity index (χ3v) is 7.96. The van der Waals surface area contributed by atoms with Crippen LogP contribution in [-0.4, -0.2) is 84.5 Å². The molecule has 1 amide bonds. The lowest BCUT2D eigenvalue weighted by Crippen LogP contribution is -2.44. The maximum Gasteiger partial charge on any atom is 0.415 e. The Morgan fingerprint density at radius 1 is 0.976 bits per heavy atom. The third-order valence-electron chi connectivity index (χ3n) is 7.96. The molecule has 222 valence electrons. The second kappa shape index (κ2) is 11.3. The maximum atomic E-state index is 13.1. The van der Waals surface area contributed by atoms with E-state index in [1.54, 1.807) is 4.90 Å². The molecule has 1 saturated heterocycles. The molecule has 2 aromatic heterocycles. The fraction of sp³-hybridized carbons (Fsp3) is 0.484. The van der Waals surface area contributed by atoms with Crippen LogP contribution in [0.15, 0.2) is 36.7 Å². The minimum atomic E-state index is -0.594. The van der Waals surface area contributed by atoms with Gasteiger partial charge in [0.25, 0.3) is 0 Å². The first-order chi connectivity index (χ1) is 20.1. The lowest BCUT2D eigenvalue weighted by Gasteiger charge is -2.35. The van der Waals surface area contributed by atoms with Crippen LogP contribution >= 0.6 is 0 Å². The van der Waals surface area contributed by atoms with Gasteiger partial charge in [0.2, 0.25) is 11.8 Å². The number of fused-ring (bicyclic) bond motifs is 2. The fourth-order valence-electron chi connectivity index (χ4n) is 5.67. The molecular formula is C31H40N8O3. The molecule has 42 heavy (non-hydrogen) atoms. The number of aromatic nitrogens is 3. The van der Waals surface area contributed by atoms with Gasteiger partial charge in [0.05, 0.1) is 30.7 Å². The van der Waals surface area contributed by atoms with Crippen molar-refractivity contribution in [3.63, 3.8) is 0 Å². The number of amides is 1. The van der Waals surface area contributed by atoms with Gasteiger partial charge in [-0.05, 0) is 71.0 Å². The Kier molecular flexibility index (Phi) is 7.53. The largest absolute Gasteiger partial charge is 0.474 e. The van der Waals surface area contributed by atoms with Crippen molar-refractivity contribution in [2.45, 2.75) is 46.3 Å². The van der Waals surface area contributed by atoms with Gasteiger partial charge in [-0.25, -0.2) is 19.7 Å². The number of piperazine rings is 1. The summed E-state index contributed by atoms with van der Waals surface area (Å²) in [6.07, 6.45) is 4.19. The van der Waals surface area contributed by atoms with Crippen molar-refractivity contribution in [2.75, 3.05) is 72.9 Å².